The number of aromatic nitrogens is 4. The molecule has 1 atom stereocenters. The van der Waals surface area contributed by atoms with E-state index in [1.807, 2.05) is 31.2 Å². The summed E-state index contributed by atoms with van der Waals surface area (Å²) in [5.74, 6) is 0.789. The van der Waals surface area contributed by atoms with Crippen molar-refractivity contribution in [1.82, 2.24) is 25.5 Å². The third-order valence-electron chi connectivity index (χ3n) is 2.71. The first-order valence-corrected chi connectivity index (χ1v) is 7.07. The average Bonchev–Trinajstić information content (AvgIpc) is 2.89. The lowest BCUT2D eigenvalue weighted by Gasteiger charge is -2.13. The van der Waals surface area contributed by atoms with Crippen molar-refractivity contribution in [2.75, 3.05) is 20.3 Å². The SMILES string of the molecule is COCCNC(C)c1nnnn1-c1ccc(I)cc1. The monoisotopic (exact) mass is 373 g/mol. The molecule has 0 fully saturated rings. The van der Waals surface area contributed by atoms with Gasteiger partial charge >= 0.3 is 0 Å². The molecule has 102 valence electrons. The van der Waals surface area contributed by atoms with Gasteiger partial charge in [-0.2, -0.15) is 4.68 Å². The minimum absolute atomic E-state index is 0.0597. The van der Waals surface area contributed by atoms with Crippen molar-refractivity contribution < 1.29 is 4.74 Å². The van der Waals surface area contributed by atoms with Crippen LogP contribution in [0, 0.1) is 3.57 Å². The van der Waals surface area contributed by atoms with Crippen molar-refractivity contribution in [2.24, 2.45) is 0 Å². The van der Waals surface area contributed by atoms with Crippen LogP contribution in [0.4, 0.5) is 0 Å². The molecule has 1 N–H and O–H groups in total. The molecule has 0 spiro atoms. The molecule has 2 aromatic rings. The smallest absolute Gasteiger partial charge is 0.173 e. The fraction of sp³-hybridized carbons (Fsp3) is 0.417. The highest BCUT2D eigenvalue weighted by Gasteiger charge is 2.14. The Kier molecular flexibility index (Phi) is 5.23. The van der Waals surface area contributed by atoms with Gasteiger partial charge in [-0.1, -0.05) is 0 Å². The van der Waals surface area contributed by atoms with E-state index in [0.29, 0.717) is 6.61 Å². The third kappa shape index (κ3) is 3.71. The molecule has 6 nitrogen and oxygen atoms in total. The zero-order valence-electron chi connectivity index (χ0n) is 10.9. The largest absolute Gasteiger partial charge is 0.383 e. The average molecular weight is 373 g/mol. The number of hydrogen-bond acceptors (Lipinski definition) is 5. The van der Waals surface area contributed by atoms with E-state index in [-0.39, 0.29) is 6.04 Å². The topological polar surface area (TPSA) is 64.9 Å². The van der Waals surface area contributed by atoms with Crippen LogP contribution in [0.25, 0.3) is 5.69 Å². The highest BCUT2D eigenvalue weighted by atomic mass is 127. The zero-order valence-corrected chi connectivity index (χ0v) is 13.0. The number of nitrogens with one attached hydrogen (secondary N) is 1. The normalized spacial score (nSPS) is 12.6. The van der Waals surface area contributed by atoms with Crippen LogP contribution in [0.2, 0.25) is 0 Å². The molecular formula is C12H16IN5O. The van der Waals surface area contributed by atoms with E-state index in [1.54, 1.807) is 11.8 Å². The molecule has 0 aliphatic heterocycles. The number of benzene rings is 1. The first-order chi connectivity index (χ1) is 9.22. The van der Waals surface area contributed by atoms with Crippen molar-refractivity contribution >= 4 is 22.6 Å². The van der Waals surface area contributed by atoms with Crippen LogP contribution in [0.5, 0.6) is 0 Å². The Bertz CT molecular complexity index is 513. The number of ether oxygens (including phenoxy) is 1. The molecule has 0 aliphatic carbocycles. The molecule has 7 heteroatoms. The molecule has 2 rings (SSSR count). The van der Waals surface area contributed by atoms with E-state index >= 15 is 0 Å². The molecule has 0 saturated carbocycles. The second kappa shape index (κ2) is 6.92. The minimum Gasteiger partial charge on any atom is -0.383 e. The van der Waals surface area contributed by atoms with Gasteiger partial charge in [0.25, 0.3) is 0 Å². The molecule has 1 unspecified atom stereocenters. The second-order valence-corrected chi connectivity index (χ2v) is 5.34. The number of nitrogens with zero attached hydrogens (tertiary/aromatic N) is 4. The lowest BCUT2D eigenvalue weighted by atomic mass is 10.3. The van der Waals surface area contributed by atoms with Crippen LogP contribution in [-0.2, 0) is 4.74 Å². The molecule has 0 radical (unpaired) electrons. The summed E-state index contributed by atoms with van der Waals surface area (Å²) in [7, 11) is 1.68. The van der Waals surface area contributed by atoms with Crippen molar-refractivity contribution in [2.45, 2.75) is 13.0 Å². The van der Waals surface area contributed by atoms with Gasteiger partial charge in [-0.05, 0) is 64.2 Å². The zero-order chi connectivity index (χ0) is 13.7. The molecule has 0 saturated heterocycles. The van der Waals surface area contributed by atoms with Gasteiger partial charge in [0.15, 0.2) is 5.82 Å². The van der Waals surface area contributed by atoms with Crippen molar-refractivity contribution in [1.29, 1.82) is 0 Å². The molecule has 1 aromatic heterocycles. The van der Waals surface area contributed by atoms with E-state index < -0.39 is 0 Å². The van der Waals surface area contributed by atoms with E-state index in [4.69, 9.17) is 4.74 Å². The van der Waals surface area contributed by atoms with Crippen molar-refractivity contribution in [3.05, 3.63) is 33.7 Å². The van der Waals surface area contributed by atoms with Gasteiger partial charge in [0.1, 0.15) is 0 Å². The maximum Gasteiger partial charge on any atom is 0.173 e. The highest BCUT2D eigenvalue weighted by molar-refractivity contribution is 14.1. The van der Waals surface area contributed by atoms with Gasteiger partial charge in [0, 0.05) is 17.2 Å². The summed E-state index contributed by atoms with van der Waals surface area (Å²) in [6.45, 7) is 3.46. The lowest BCUT2D eigenvalue weighted by Crippen LogP contribution is -2.25. The molecule has 19 heavy (non-hydrogen) atoms. The summed E-state index contributed by atoms with van der Waals surface area (Å²) in [5.41, 5.74) is 0.959. The number of hydrogen-bond donors (Lipinski definition) is 1. The Morgan fingerprint density at radius 1 is 1.37 bits per heavy atom. The number of tetrazole rings is 1. The molecule has 1 aromatic carbocycles. The molecular weight excluding hydrogens is 357 g/mol. The number of halogens is 1. The number of rotatable bonds is 6. The fourth-order valence-electron chi connectivity index (χ4n) is 1.70. The maximum atomic E-state index is 5.02. The Morgan fingerprint density at radius 3 is 2.79 bits per heavy atom. The summed E-state index contributed by atoms with van der Waals surface area (Å²) in [6.07, 6.45) is 0. The van der Waals surface area contributed by atoms with E-state index in [0.717, 1.165) is 18.1 Å². The Morgan fingerprint density at radius 2 is 2.11 bits per heavy atom. The van der Waals surface area contributed by atoms with Gasteiger partial charge in [0.2, 0.25) is 0 Å². The van der Waals surface area contributed by atoms with Crippen LogP contribution >= 0.6 is 22.6 Å². The van der Waals surface area contributed by atoms with Crippen LogP contribution in [0.1, 0.15) is 18.8 Å². The standard InChI is InChI=1S/C12H16IN5O/c1-9(14-7-8-19-2)12-15-16-17-18(12)11-5-3-10(13)4-6-11/h3-6,9,14H,7-8H2,1-2H3. The van der Waals surface area contributed by atoms with E-state index in [9.17, 15) is 0 Å². The molecule has 0 bridgehead atoms. The Hall–Kier alpha value is -1.06. The van der Waals surface area contributed by atoms with E-state index in [1.165, 1.54) is 3.57 Å². The summed E-state index contributed by atoms with van der Waals surface area (Å²) < 4.78 is 7.95. The number of methoxy groups -OCH3 is 1. The van der Waals surface area contributed by atoms with Crippen molar-refractivity contribution in [3.8, 4) is 5.69 Å². The molecule has 0 aliphatic rings. The summed E-state index contributed by atoms with van der Waals surface area (Å²) >= 11 is 2.27. The second-order valence-electron chi connectivity index (χ2n) is 4.09. The first kappa shape index (κ1) is 14.4. The summed E-state index contributed by atoms with van der Waals surface area (Å²) in [6, 6.07) is 8.13. The Labute approximate surface area is 125 Å². The minimum atomic E-state index is 0.0597. The quantitative estimate of drug-likeness (QED) is 0.615. The lowest BCUT2D eigenvalue weighted by molar-refractivity contribution is 0.196. The van der Waals surface area contributed by atoms with Gasteiger partial charge in [-0.15, -0.1) is 5.10 Å². The van der Waals surface area contributed by atoms with E-state index in [2.05, 4.69) is 43.4 Å². The van der Waals surface area contributed by atoms with Gasteiger partial charge in [0.05, 0.1) is 18.3 Å². The predicted molar refractivity (Wildman–Crippen MR) is 80.2 cm³/mol. The summed E-state index contributed by atoms with van der Waals surface area (Å²) in [4.78, 5) is 0. The fourth-order valence-corrected chi connectivity index (χ4v) is 2.06. The van der Waals surface area contributed by atoms with Crippen LogP contribution in [0.15, 0.2) is 24.3 Å². The van der Waals surface area contributed by atoms with Crippen LogP contribution < -0.4 is 5.32 Å². The first-order valence-electron chi connectivity index (χ1n) is 5.99. The predicted octanol–water partition coefficient (Wildman–Crippen LogP) is 1.56. The van der Waals surface area contributed by atoms with Gasteiger partial charge in [-0.3, -0.25) is 0 Å². The Balaban J connectivity index is 2.15. The molecule has 0 amide bonds. The van der Waals surface area contributed by atoms with Gasteiger partial charge < -0.3 is 10.1 Å². The van der Waals surface area contributed by atoms with Crippen LogP contribution in [-0.4, -0.2) is 40.5 Å². The highest BCUT2D eigenvalue weighted by Crippen LogP contribution is 2.15. The third-order valence-corrected chi connectivity index (χ3v) is 3.43. The van der Waals surface area contributed by atoms with Gasteiger partial charge in [-0.25, -0.2) is 0 Å². The molecule has 1 heterocycles. The van der Waals surface area contributed by atoms with Crippen molar-refractivity contribution in [3.63, 3.8) is 0 Å². The van der Waals surface area contributed by atoms with Crippen LogP contribution in [0.3, 0.4) is 0 Å². The maximum absolute atomic E-state index is 5.02. The summed E-state index contributed by atoms with van der Waals surface area (Å²) in [5, 5.41) is 15.2.